The fourth-order valence-corrected chi connectivity index (χ4v) is 3.76. The van der Waals surface area contributed by atoms with Crippen molar-refractivity contribution in [3.63, 3.8) is 0 Å². The first-order valence-corrected chi connectivity index (χ1v) is 9.96. The van der Waals surface area contributed by atoms with Crippen molar-refractivity contribution in [2.75, 3.05) is 7.05 Å². The van der Waals surface area contributed by atoms with Crippen molar-refractivity contribution in [3.8, 4) is 5.75 Å². The highest BCUT2D eigenvalue weighted by atomic mass is 19.3. The molecule has 0 unspecified atom stereocenters. The number of amides is 1. The van der Waals surface area contributed by atoms with Crippen LogP contribution in [0.15, 0.2) is 40.1 Å². The van der Waals surface area contributed by atoms with E-state index >= 15 is 0 Å². The first kappa shape index (κ1) is 21.6. The molecule has 1 amide bonds. The Bertz CT molecular complexity index is 1110. The third-order valence-electron chi connectivity index (χ3n) is 5.55. The molecular weight excluding hydrogens is 422 g/mol. The molecule has 1 fully saturated rings. The molecule has 1 aromatic carbocycles. The van der Waals surface area contributed by atoms with E-state index in [2.05, 4.69) is 31.6 Å². The summed E-state index contributed by atoms with van der Waals surface area (Å²) in [6.07, 6.45) is 3.15. The maximum absolute atomic E-state index is 12.7. The molecule has 9 nitrogen and oxygen atoms in total. The van der Waals surface area contributed by atoms with Gasteiger partial charge in [-0.15, -0.1) is 0 Å². The second-order valence-corrected chi connectivity index (χ2v) is 7.71. The lowest BCUT2D eigenvalue weighted by Gasteiger charge is -2.33. The molecule has 0 radical (unpaired) electrons. The van der Waals surface area contributed by atoms with E-state index in [9.17, 15) is 13.6 Å². The van der Waals surface area contributed by atoms with Crippen LogP contribution in [0.4, 0.5) is 14.6 Å². The monoisotopic (exact) mass is 444 g/mol. The van der Waals surface area contributed by atoms with Crippen molar-refractivity contribution < 1.29 is 22.8 Å². The largest absolute Gasteiger partial charge is 0.435 e. The first-order chi connectivity index (χ1) is 15.4. The van der Waals surface area contributed by atoms with E-state index in [0.29, 0.717) is 23.3 Å². The maximum atomic E-state index is 12.7. The molecule has 0 atom stereocenters. The van der Waals surface area contributed by atoms with Gasteiger partial charge in [0, 0.05) is 20.0 Å². The van der Waals surface area contributed by atoms with E-state index in [1.54, 1.807) is 42.9 Å². The number of imidazole rings is 1. The van der Waals surface area contributed by atoms with Crippen molar-refractivity contribution in [2.45, 2.75) is 37.8 Å². The molecule has 32 heavy (non-hydrogen) atoms. The minimum absolute atomic E-state index is 0.142. The van der Waals surface area contributed by atoms with E-state index in [0.717, 1.165) is 18.4 Å². The summed E-state index contributed by atoms with van der Waals surface area (Å²) < 4.78 is 35.8. The van der Waals surface area contributed by atoms with Gasteiger partial charge >= 0.3 is 6.61 Å². The summed E-state index contributed by atoms with van der Waals surface area (Å²) in [7, 11) is 3.34. The topological polar surface area (TPSA) is 98.6 Å². The van der Waals surface area contributed by atoms with Gasteiger partial charge in [0.05, 0.1) is 6.33 Å². The summed E-state index contributed by atoms with van der Waals surface area (Å²) in [5.41, 5.74) is 1.38. The number of hydrogen-bond acceptors (Lipinski definition) is 7. The van der Waals surface area contributed by atoms with Gasteiger partial charge in [0.15, 0.2) is 17.3 Å². The van der Waals surface area contributed by atoms with Gasteiger partial charge in [-0.1, -0.05) is 17.3 Å². The fourth-order valence-electron chi connectivity index (χ4n) is 3.76. The molecule has 3 aromatic rings. The van der Waals surface area contributed by atoms with Crippen LogP contribution >= 0.6 is 0 Å². The van der Waals surface area contributed by atoms with Gasteiger partial charge in [-0.2, -0.15) is 13.8 Å². The summed E-state index contributed by atoms with van der Waals surface area (Å²) >= 11 is 0. The van der Waals surface area contributed by atoms with Gasteiger partial charge < -0.3 is 18.7 Å². The summed E-state index contributed by atoms with van der Waals surface area (Å²) in [5.74, 6) is 1.50. The normalized spacial score (nSPS) is 17.8. The molecule has 168 valence electrons. The van der Waals surface area contributed by atoms with E-state index in [1.165, 1.54) is 11.2 Å². The summed E-state index contributed by atoms with van der Waals surface area (Å²) in [6, 6.07) is 6.69. The van der Waals surface area contributed by atoms with Crippen molar-refractivity contribution in [1.82, 2.24) is 24.6 Å². The van der Waals surface area contributed by atoms with Crippen molar-refractivity contribution in [1.29, 1.82) is 0 Å². The smallest absolute Gasteiger partial charge is 0.387 e. The molecule has 0 N–H and O–H groups in total. The van der Waals surface area contributed by atoms with Crippen LogP contribution in [-0.2, 0) is 13.6 Å². The number of aryl methyl sites for hydroxylation is 1. The highest BCUT2D eigenvalue weighted by Crippen LogP contribution is 2.46. The number of ether oxygens (including phenoxy) is 1. The molecule has 1 aliphatic rings. The highest BCUT2D eigenvalue weighted by Gasteiger charge is 2.35. The van der Waals surface area contributed by atoms with Gasteiger partial charge in [-0.05, 0) is 43.2 Å². The number of carbonyl (C=O) groups is 1. The second kappa shape index (κ2) is 8.85. The molecule has 0 aliphatic heterocycles. The Kier molecular flexibility index (Phi) is 5.97. The lowest BCUT2D eigenvalue weighted by Crippen LogP contribution is -2.28. The number of halogens is 2. The molecule has 0 saturated heterocycles. The average Bonchev–Trinajstić information content (AvgIpc) is 3.33. The van der Waals surface area contributed by atoms with Crippen LogP contribution in [0.1, 0.15) is 52.4 Å². The van der Waals surface area contributed by atoms with E-state index in [-0.39, 0.29) is 29.9 Å². The molecule has 1 saturated carbocycles. The van der Waals surface area contributed by atoms with Gasteiger partial charge in [0.25, 0.3) is 5.91 Å². The quantitative estimate of drug-likeness (QED) is 0.492. The number of aliphatic imine (C=N–C) groups is 1. The Morgan fingerprint density at radius 1 is 1.34 bits per heavy atom. The standard InChI is InChI=1S/C21H22F2N6O3/c1-24-19-17(29(3)11-25-19)20(30)28(2)10-16-26-18(27-32-16)14-8-13(9-14)12-4-6-15(7-5-12)31-21(22)23/h4-7,11,13-14,21H,1,8-10H2,2-3H3/t13-,14-. The molecule has 0 spiro atoms. The fraction of sp³-hybridized carbons (Fsp3) is 0.381. The Balaban J connectivity index is 1.33. The summed E-state index contributed by atoms with van der Waals surface area (Å²) in [6.45, 7) is 0.754. The van der Waals surface area contributed by atoms with Gasteiger partial charge in [0.2, 0.25) is 5.89 Å². The zero-order chi connectivity index (χ0) is 22.8. The second-order valence-electron chi connectivity index (χ2n) is 7.71. The minimum Gasteiger partial charge on any atom is -0.435 e. The van der Waals surface area contributed by atoms with Crippen LogP contribution in [0.25, 0.3) is 0 Å². The van der Waals surface area contributed by atoms with Crippen LogP contribution in [-0.4, -0.2) is 50.9 Å². The van der Waals surface area contributed by atoms with Crippen LogP contribution in [0.5, 0.6) is 5.75 Å². The number of benzene rings is 1. The Morgan fingerprint density at radius 3 is 2.72 bits per heavy atom. The Hall–Kier alpha value is -3.63. The molecule has 2 aromatic heterocycles. The SMILES string of the molecule is C=Nc1ncn(C)c1C(=O)N(C)Cc1nc([C@H]2C[C@H](c3ccc(OC(F)F)cc3)C2)no1. The maximum Gasteiger partial charge on any atom is 0.387 e. The molecule has 2 heterocycles. The van der Waals surface area contributed by atoms with Crippen molar-refractivity contribution in [2.24, 2.45) is 12.0 Å². The first-order valence-electron chi connectivity index (χ1n) is 9.96. The molecule has 1 aliphatic carbocycles. The van der Waals surface area contributed by atoms with Gasteiger partial charge in [-0.25, -0.2) is 9.98 Å². The number of alkyl halides is 2. The van der Waals surface area contributed by atoms with Crippen LogP contribution in [0.2, 0.25) is 0 Å². The Labute approximate surface area is 182 Å². The molecular formula is C21H22F2N6O3. The lowest BCUT2D eigenvalue weighted by atomic mass is 9.71. The number of nitrogens with zero attached hydrogens (tertiary/aromatic N) is 6. The molecule has 11 heteroatoms. The summed E-state index contributed by atoms with van der Waals surface area (Å²) in [4.78, 5) is 26.4. The average molecular weight is 444 g/mol. The van der Waals surface area contributed by atoms with E-state index < -0.39 is 6.61 Å². The number of carbonyl (C=O) groups excluding carboxylic acids is 1. The number of rotatable bonds is 8. The Morgan fingerprint density at radius 2 is 2.06 bits per heavy atom. The van der Waals surface area contributed by atoms with Gasteiger partial charge in [0.1, 0.15) is 12.3 Å². The van der Waals surface area contributed by atoms with E-state index in [4.69, 9.17) is 4.52 Å². The zero-order valence-electron chi connectivity index (χ0n) is 17.6. The zero-order valence-corrected chi connectivity index (χ0v) is 17.6. The van der Waals surface area contributed by atoms with Crippen LogP contribution in [0, 0.1) is 0 Å². The minimum atomic E-state index is -2.83. The predicted molar refractivity (Wildman–Crippen MR) is 110 cm³/mol. The van der Waals surface area contributed by atoms with Crippen LogP contribution < -0.4 is 4.74 Å². The van der Waals surface area contributed by atoms with Crippen LogP contribution in [0.3, 0.4) is 0 Å². The number of hydrogen-bond donors (Lipinski definition) is 0. The van der Waals surface area contributed by atoms with Crippen molar-refractivity contribution in [3.05, 3.63) is 53.6 Å². The third-order valence-corrected chi connectivity index (χ3v) is 5.55. The summed E-state index contributed by atoms with van der Waals surface area (Å²) in [5, 5.41) is 4.07. The molecule has 0 bridgehead atoms. The highest BCUT2D eigenvalue weighted by molar-refractivity contribution is 5.96. The van der Waals surface area contributed by atoms with Crippen molar-refractivity contribution >= 4 is 18.4 Å². The predicted octanol–water partition coefficient (Wildman–Crippen LogP) is 3.67. The number of aromatic nitrogens is 4. The third kappa shape index (κ3) is 4.36. The molecule has 4 rings (SSSR count). The lowest BCUT2D eigenvalue weighted by molar-refractivity contribution is -0.0498. The van der Waals surface area contributed by atoms with E-state index in [1.807, 2.05) is 0 Å². The van der Waals surface area contributed by atoms with Gasteiger partial charge in [-0.3, -0.25) is 4.79 Å².